The Morgan fingerprint density at radius 3 is 2.66 bits per heavy atom. The summed E-state index contributed by atoms with van der Waals surface area (Å²) in [5, 5.41) is 3.16. The summed E-state index contributed by atoms with van der Waals surface area (Å²) in [5.41, 5.74) is 0.934. The van der Waals surface area contributed by atoms with Crippen LogP contribution < -0.4 is 10.0 Å². The Hall–Kier alpha value is -0.950. The van der Waals surface area contributed by atoms with Crippen LogP contribution in [0.1, 0.15) is 18.4 Å². The second-order valence-electron chi connectivity index (χ2n) is 7.01. The fourth-order valence-corrected chi connectivity index (χ4v) is 4.38. The van der Waals surface area contributed by atoms with E-state index < -0.39 is 10.0 Å². The molecule has 2 fully saturated rings. The summed E-state index contributed by atoms with van der Waals surface area (Å²) < 4.78 is 38.7. The molecule has 2 heterocycles. The van der Waals surface area contributed by atoms with Crippen molar-refractivity contribution in [2.75, 3.05) is 45.6 Å². The third-order valence-electron chi connectivity index (χ3n) is 4.98. The summed E-state index contributed by atoms with van der Waals surface area (Å²) in [6.07, 6.45) is 2.27. The standard InChI is InChI=1S/C19H30N4O4S.HI/c1-20-19(23-10-12-27-18(15-23)17-8-5-11-26-17)21-9-13-28(24,25)22-14-16-6-3-2-4-7-16;/h2-4,6-7,17-18,22H,5,8-15H2,1H3,(H,20,21);1H. The number of nitrogens with zero attached hydrogens (tertiary/aromatic N) is 2. The average molecular weight is 538 g/mol. The van der Waals surface area contributed by atoms with Crippen molar-refractivity contribution in [2.24, 2.45) is 4.99 Å². The zero-order valence-corrected chi connectivity index (χ0v) is 19.9. The molecule has 0 amide bonds. The lowest BCUT2D eigenvalue weighted by Crippen LogP contribution is -2.53. The highest BCUT2D eigenvalue weighted by atomic mass is 127. The lowest BCUT2D eigenvalue weighted by molar-refractivity contribution is -0.0816. The molecule has 2 aliphatic heterocycles. The number of rotatable bonds is 7. The first-order valence-corrected chi connectivity index (χ1v) is 11.4. The molecule has 3 rings (SSSR count). The van der Waals surface area contributed by atoms with Crippen LogP contribution in [-0.2, 0) is 26.0 Å². The van der Waals surface area contributed by atoms with Gasteiger partial charge in [0.15, 0.2) is 5.96 Å². The van der Waals surface area contributed by atoms with Gasteiger partial charge in [0.25, 0.3) is 0 Å². The van der Waals surface area contributed by atoms with Crippen LogP contribution in [0.2, 0.25) is 0 Å². The number of sulfonamides is 1. The Morgan fingerprint density at radius 2 is 1.97 bits per heavy atom. The van der Waals surface area contributed by atoms with Gasteiger partial charge in [0.05, 0.1) is 18.5 Å². The maximum atomic E-state index is 12.2. The van der Waals surface area contributed by atoms with Crippen LogP contribution in [0, 0.1) is 0 Å². The quantitative estimate of drug-likeness (QED) is 0.308. The second-order valence-corrected chi connectivity index (χ2v) is 8.93. The van der Waals surface area contributed by atoms with Crippen molar-refractivity contribution < 1.29 is 17.9 Å². The summed E-state index contributed by atoms with van der Waals surface area (Å²) in [7, 11) is -1.66. The first-order chi connectivity index (χ1) is 13.6. The van der Waals surface area contributed by atoms with E-state index in [-0.39, 0.29) is 41.9 Å². The number of halogens is 1. The molecule has 2 atom stereocenters. The maximum Gasteiger partial charge on any atom is 0.213 e. The van der Waals surface area contributed by atoms with Crippen molar-refractivity contribution in [3.05, 3.63) is 35.9 Å². The molecule has 1 aromatic rings. The van der Waals surface area contributed by atoms with Crippen molar-refractivity contribution in [3.8, 4) is 0 Å². The van der Waals surface area contributed by atoms with Crippen molar-refractivity contribution in [2.45, 2.75) is 31.6 Å². The molecule has 2 unspecified atom stereocenters. The van der Waals surface area contributed by atoms with Crippen LogP contribution in [0.4, 0.5) is 0 Å². The molecular formula is C19H31IN4O4S. The molecule has 0 radical (unpaired) electrons. The van der Waals surface area contributed by atoms with E-state index in [9.17, 15) is 8.42 Å². The van der Waals surface area contributed by atoms with E-state index in [2.05, 4.69) is 19.9 Å². The fraction of sp³-hybridized carbons (Fsp3) is 0.632. The minimum atomic E-state index is -3.37. The van der Waals surface area contributed by atoms with Crippen molar-refractivity contribution in [1.82, 2.24) is 14.9 Å². The number of guanidine groups is 1. The van der Waals surface area contributed by atoms with E-state index in [4.69, 9.17) is 9.47 Å². The number of hydrogen-bond acceptors (Lipinski definition) is 5. The van der Waals surface area contributed by atoms with Gasteiger partial charge in [-0.2, -0.15) is 0 Å². The molecule has 0 aromatic heterocycles. The average Bonchev–Trinajstić information content (AvgIpc) is 3.26. The van der Waals surface area contributed by atoms with Crippen molar-refractivity contribution in [1.29, 1.82) is 0 Å². The maximum absolute atomic E-state index is 12.2. The van der Waals surface area contributed by atoms with Gasteiger partial charge in [0, 0.05) is 39.8 Å². The Labute approximate surface area is 190 Å². The zero-order valence-electron chi connectivity index (χ0n) is 16.7. The number of aliphatic imine (C=N–C) groups is 1. The summed E-state index contributed by atoms with van der Waals surface area (Å²) in [6, 6.07) is 9.47. The minimum Gasteiger partial charge on any atom is -0.375 e. The molecule has 164 valence electrons. The number of hydrogen-bond donors (Lipinski definition) is 2. The highest BCUT2D eigenvalue weighted by Crippen LogP contribution is 2.21. The normalized spacial score (nSPS) is 22.9. The molecule has 2 aliphatic rings. The fourth-order valence-electron chi connectivity index (χ4n) is 3.48. The monoisotopic (exact) mass is 538 g/mol. The molecule has 10 heteroatoms. The number of nitrogens with one attached hydrogen (secondary N) is 2. The highest BCUT2D eigenvalue weighted by Gasteiger charge is 2.32. The first-order valence-electron chi connectivity index (χ1n) is 9.77. The van der Waals surface area contributed by atoms with Crippen LogP contribution in [0.5, 0.6) is 0 Å². The Balaban J connectivity index is 0.00000300. The number of benzene rings is 1. The van der Waals surface area contributed by atoms with Gasteiger partial charge in [0.2, 0.25) is 10.0 Å². The van der Waals surface area contributed by atoms with Crippen molar-refractivity contribution >= 4 is 40.0 Å². The lowest BCUT2D eigenvalue weighted by Gasteiger charge is -2.37. The molecular weight excluding hydrogens is 507 g/mol. The van der Waals surface area contributed by atoms with Gasteiger partial charge in [-0.25, -0.2) is 13.1 Å². The van der Waals surface area contributed by atoms with E-state index >= 15 is 0 Å². The molecule has 29 heavy (non-hydrogen) atoms. The van der Waals surface area contributed by atoms with E-state index in [0.29, 0.717) is 32.2 Å². The Kier molecular flexibility index (Phi) is 10.1. The van der Waals surface area contributed by atoms with Gasteiger partial charge < -0.3 is 19.7 Å². The molecule has 0 saturated carbocycles. The molecule has 1 aromatic carbocycles. The molecule has 0 bridgehead atoms. The summed E-state index contributed by atoms with van der Waals surface area (Å²) in [6.45, 7) is 3.42. The second kappa shape index (κ2) is 12.0. The molecule has 2 N–H and O–H groups in total. The third-order valence-corrected chi connectivity index (χ3v) is 6.30. The summed E-state index contributed by atoms with van der Waals surface area (Å²) in [4.78, 5) is 6.42. The van der Waals surface area contributed by atoms with Crippen LogP contribution in [0.25, 0.3) is 0 Å². The molecule has 8 nitrogen and oxygen atoms in total. The molecule has 2 saturated heterocycles. The molecule has 0 spiro atoms. The van der Waals surface area contributed by atoms with Gasteiger partial charge in [-0.1, -0.05) is 30.3 Å². The van der Waals surface area contributed by atoms with E-state index in [1.807, 2.05) is 30.3 Å². The van der Waals surface area contributed by atoms with Crippen molar-refractivity contribution in [3.63, 3.8) is 0 Å². The predicted molar refractivity (Wildman–Crippen MR) is 124 cm³/mol. The Bertz CT molecular complexity index is 742. The van der Waals surface area contributed by atoms with Crippen LogP contribution in [-0.4, -0.2) is 77.1 Å². The highest BCUT2D eigenvalue weighted by molar-refractivity contribution is 14.0. The van der Waals surface area contributed by atoms with Gasteiger partial charge in [0.1, 0.15) is 6.10 Å². The van der Waals surface area contributed by atoms with Gasteiger partial charge >= 0.3 is 0 Å². The smallest absolute Gasteiger partial charge is 0.213 e. The van der Waals surface area contributed by atoms with Crippen LogP contribution >= 0.6 is 24.0 Å². The van der Waals surface area contributed by atoms with E-state index in [1.54, 1.807) is 7.05 Å². The van der Waals surface area contributed by atoms with Gasteiger partial charge in [-0.05, 0) is 18.4 Å². The summed E-state index contributed by atoms with van der Waals surface area (Å²) >= 11 is 0. The topological polar surface area (TPSA) is 92.3 Å². The lowest BCUT2D eigenvalue weighted by atomic mass is 10.1. The number of morpholine rings is 1. The first kappa shape index (κ1) is 24.3. The van der Waals surface area contributed by atoms with Gasteiger partial charge in [-0.3, -0.25) is 4.99 Å². The van der Waals surface area contributed by atoms with E-state index in [0.717, 1.165) is 31.6 Å². The largest absolute Gasteiger partial charge is 0.375 e. The zero-order chi connectivity index (χ0) is 19.8. The SMILES string of the molecule is CN=C(NCCS(=O)(=O)NCc1ccccc1)N1CCOC(C2CCCO2)C1.I. The minimum absolute atomic E-state index is 0. The predicted octanol–water partition coefficient (Wildman–Crippen LogP) is 1.18. The van der Waals surface area contributed by atoms with Gasteiger partial charge in [-0.15, -0.1) is 24.0 Å². The van der Waals surface area contributed by atoms with E-state index in [1.165, 1.54) is 0 Å². The van der Waals surface area contributed by atoms with Crippen LogP contribution in [0.3, 0.4) is 0 Å². The summed E-state index contributed by atoms with van der Waals surface area (Å²) in [5.74, 6) is 0.683. The Morgan fingerprint density at radius 1 is 1.21 bits per heavy atom. The third kappa shape index (κ3) is 7.67. The van der Waals surface area contributed by atoms with Crippen LogP contribution in [0.15, 0.2) is 35.3 Å². The molecule has 0 aliphatic carbocycles. The number of ether oxygens (including phenoxy) is 2.